The monoisotopic (exact) mass is 463 g/mol. The van der Waals surface area contributed by atoms with Crippen molar-refractivity contribution in [2.75, 3.05) is 36.3 Å². The highest BCUT2D eigenvalue weighted by Gasteiger charge is 2.67. The molecule has 176 valence electrons. The lowest BCUT2D eigenvalue weighted by Crippen LogP contribution is -2.41. The SMILES string of the molecule is COc1ccc(NC(=O)[C@@H]2[C@H]3C=C[C@@]4(CN(c5ccc(NC(C)=O)cc5)C(=O)[C@@H]24)O3)cc1OC. The molecular weight excluding hydrogens is 438 g/mol. The summed E-state index contributed by atoms with van der Waals surface area (Å²) in [5.41, 5.74) is 1.03. The Balaban J connectivity index is 1.37. The Labute approximate surface area is 196 Å². The predicted octanol–water partition coefficient (Wildman–Crippen LogP) is 2.59. The van der Waals surface area contributed by atoms with E-state index in [0.717, 1.165) is 0 Å². The van der Waals surface area contributed by atoms with E-state index in [1.807, 2.05) is 12.2 Å². The first-order chi connectivity index (χ1) is 16.3. The fourth-order valence-electron chi connectivity index (χ4n) is 5.08. The summed E-state index contributed by atoms with van der Waals surface area (Å²) in [5.74, 6) is -0.857. The number of rotatable bonds is 6. The number of hydrogen-bond acceptors (Lipinski definition) is 6. The van der Waals surface area contributed by atoms with Crippen LogP contribution in [0.25, 0.3) is 0 Å². The fraction of sp³-hybridized carbons (Fsp3) is 0.320. The number of anilines is 3. The molecule has 2 aromatic rings. The third-order valence-electron chi connectivity index (χ3n) is 6.55. The molecule has 2 bridgehead atoms. The summed E-state index contributed by atoms with van der Waals surface area (Å²) in [6, 6.07) is 12.1. The summed E-state index contributed by atoms with van der Waals surface area (Å²) in [7, 11) is 3.07. The average molecular weight is 463 g/mol. The van der Waals surface area contributed by atoms with Crippen molar-refractivity contribution in [3.05, 3.63) is 54.6 Å². The maximum absolute atomic E-state index is 13.5. The second-order valence-corrected chi connectivity index (χ2v) is 8.61. The van der Waals surface area contributed by atoms with Crippen molar-refractivity contribution >= 4 is 34.8 Å². The predicted molar refractivity (Wildman–Crippen MR) is 125 cm³/mol. The molecule has 5 rings (SSSR count). The Morgan fingerprint density at radius 2 is 1.74 bits per heavy atom. The minimum absolute atomic E-state index is 0.161. The van der Waals surface area contributed by atoms with Gasteiger partial charge in [-0.25, -0.2) is 0 Å². The number of carbonyl (C=O) groups excluding carboxylic acids is 3. The molecule has 0 aromatic heterocycles. The van der Waals surface area contributed by atoms with Gasteiger partial charge in [-0.15, -0.1) is 0 Å². The van der Waals surface area contributed by atoms with Crippen LogP contribution in [0.1, 0.15) is 6.92 Å². The molecule has 3 aliphatic rings. The Morgan fingerprint density at radius 3 is 2.41 bits per heavy atom. The van der Waals surface area contributed by atoms with Gasteiger partial charge in [0.15, 0.2) is 11.5 Å². The first-order valence-corrected chi connectivity index (χ1v) is 10.9. The molecule has 2 saturated heterocycles. The number of ether oxygens (including phenoxy) is 3. The largest absolute Gasteiger partial charge is 0.493 e. The van der Waals surface area contributed by atoms with Crippen LogP contribution in [0, 0.1) is 11.8 Å². The minimum atomic E-state index is -0.836. The molecule has 0 unspecified atom stereocenters. The van der Waals surface area contributed by atoms with Gasteiger partial charge in [0, 0.05) is 30.1 Å². The Kier molecular flexibility index (Phi) is 5.28. The Hall–Kier alpha value is -3.85. The molecule has 0 saturated carbocycles. The summed E-state index contributed by atoms with van der Waals surface area (Å²) in [6.07, 6.45) is 3.32. The van der Waals surface area contributed by atoms with E-state index < -0.39 is 23.5 Å². The normalized spacial score (nSPS) is 26.4. The third kappa shape index (κ3) is 3.49. The first-order valence-electron chi connectivity index (χ1n) is 10.9. The van der Waals surface area contributed by atoms with Gasteiger partial charge < -0.3 is 29.7 Å². The van der Waals surface area contributed by atoms with Crippen molar-refractivity contribution in [2.24, 2.45) is 11.8 Å². The zero-order valence-corrected chi connectivity index (χ0v) is 19.0. The zero-order valence-electron chi connectivity index (χ0n) is 19.0. The highest BCUT2D eigenvalue weighted by Crippen LogP contribution is 2.53. The number of amides is 3. The lowest BCUT2D eigenvalue weighted by Gasteiger charge is -2.23. The second kappa shape index (κ2) is 8.18. The van der Waals surface area contributed by atoms with Crippen LogP contribution in [0.2, 0.25) is 0 Å². The fourth-order valence-corrected chi connectivity index (χ4v) is 5.08. The van der Waals surface area contributed by atoms with Crippen molar-refractivity contribution in [1.29, 1.82) is 0 Å². The molecule has 3 heterocycles. The van der Waals surface area contributed by atoms with E-state index >= 15 is 0 Å². The van der Waals surface area contributed by atoms with Gasteiger partial charge >= 0.3 is 0 Å². The molecule has 3 amide bonds. The average Bonchev–Trinajstić information content (AvgIpc) is 3.47. The summed E-state index contributed by atoms with van der Waals surface area (Å²) in [5, 5.41) is 5.62. The van der Waals surface area contributed by atoms with Crippen LogP contribution in [0.3, 0.4) is 0 Å². The zero-order chi connectivity index (χ0) is 24.0. The van der Waals surface area contributed by atoms with E-state index in [9.17, 15) is 14.4 Å². The van der Waals surface area contributed by atoms with Gasteiger partial charge in [0.25, 0.3) is 0 Å². The first kappa shape index (κ1) is 22.0. The molecule has 1 spiro atoms. The van der Waals surface area contributed by atoms with E-state index in [1.165, 1.54) is 14.0 Å². The van der Waals surface area contributed by atoms with Crippen molar-refractivity contribution in [1.82, 2.24) is 0 Å². The van der Waals surface area contributed by atoms with Gasteiger partial charge in [0.1, 0.15) is 5.60 Å². The van der Waals surface area contributed by atoms with Crippen LogP contribution in [0.4, 0.5) is 17.1 Å². The van der Waals surface area contributed by atoms with E-state index in [2.05, 4.69) is 10.6 Å². The topological polar surface area (TPSA) is 106 Å². The molecule has 0 radical (unpaired) electrons. The minimum Gasteiger partial charge on any atom is -0.493 e. The quantitative estimate of drug-likeness (QED) is 0.638. The molecule has 34 heavy (non-hydrogen) atoms. The van der Waals surface area contributed by atoms with Crippen LogP contribution >= 0.6 is 0 Å². The van der Waals surface area contributed by atoms with Crippen LogP contribution in [0.15, 0.2) is 54.6 Å². The van der Waals surface area contributed by atoms with Crippen molar-refractivity contribution in [3.63, 3.8) is 0 Å². The molecule has 2 N–H and O–H groups in total. The maximum atomic E-state index is 13.5. The summed E-state index contributed by atoms with van der Waals surface area (Å²) in [4.78, 5) is 39.8. The van der Waals surface area contributed by atoms with Gasteiger partial charge in [-0.05, 0) is 36.4 Å². The number of benzene rings is 2. The van der Waals surface area contributed by atoms with Gasteiger partial charge in [0.2, 0.25) is 17.7 Å². The third-order valence-corrected chi connectivity index (χ3v) is 6.55. The van der Waals surface area contributed by atoms with Crippen molar-refractivity contribution in [2.45, 2.75) is 18.6 Å². The molecule has 2 fully saturated rings. The lowest BCUT2D eigenvalue weighted by molar-refractivity contribution is -0.128. The van der Waals surface area contributed by atoms with Crippen molar-refractivity contribution in [3.8, 4) is 11.5 Å². The molecular formula is C25H25N3O6. The molecule has 3 aliphatic heterocycles. The number of nitrogens with zero attached hydrogens (tertiary/aromatic N) is 1. The standard InChI is InChI=1S/C25H25N3O6/c1-14(29)26-15-4-7-17(8-5-15)28-13-25-11-10-19(34-25)21(22(25)24(28)31)23(30)27-16-6-9-18(32-2)20(12-16)33-3/h4-12,19,21-22H,13H2,1-3H3,(H,26,29)(H,27,30)/t19-,21-,22-,25+/m1/s1. The number of nitrogens with one attached hydrogen (secondary N) is 2. The van der Waals surface area contributed by atoms with Crippen LogP contribution in [-0.2, 0) is 19.1 Å². The van der Waals surface area contributed by atoms with Crippen LogP contribution in [0.5, 0.6) is 11.5 Å². The summed E-state index contributed by atoms with van der Waals surface area (Å²) < 4.78 is 16.8. The smallest absolute Gasteiger partial charge is 0.234 e. The number of carbonyl (C=O) groups is 3. The Bertz CT molecular complexity index is 1190. The van der Waals surface area contributed by atoms with E-state index in [4.69, 9.17) is 14.2 Å². The Morgan fingerprint density at radius 1 is 1.03 bits per heavy atom. The van der Waals surface area contributed by atoms with E-state index in [0.29, 0.717) is 35.1 Å². The molecule has 0 aliphatic carbocycles. The number of methoxy groups -OCH3 is 2. The van der Waals surface area contributed by atoms with E-state index in [-0.39, 0.29) is 17.7 Å². The van der Waals surface area contributed by atoms with Gasteiger partial charge in [-0.3, -0.25) is 14.4 Å². The molecule has 2 aromatic carbocycles. The van der Waals surface area contributed by atoms with E-state index in [1.54, 1.807) is 54.5 Å². The summed E-state index contributed by atoms with van der Waals surface area (Å²) >= 11 is 0. The molecule has 9 nitrogen and oxygen atoms in total. The van der Waals surface area contributed by atoms with Gasteiger partial charge in [-0.2, -0.15) is 0 Å². The highest BCUT2D eigenvalue weighted by molar-refractivity contribution is 6.05. The van der Waals surface area contributed by atoms with Gasteiger partial charge in [0.05, 0.1) is 38.7 Å². The molecule has 4 atom stereocenters. The molecule has 9 heteroatoms. The lowest BCUT2D eigenvalue weighted by atomic mass is 9.77. The number of fused-ring (bicyclic) bond motifs is 1. The summed E-state index contributed by atoms with van der Waals surface area (Å²) in [6.45, 7) is 1.76. The number of hydrogen-bond donors (Lipinski definition) is 2. The van der Waals surface area contributed by atoms with Crippen LogP contribution < -0.4 is 25.0 Å². The van der Waals surface area contributed by atoms with Crippen LogP contribution in [-0.4, -0.2) is 50.2 Å². The van der Waals surface area contributed by atoms with Gasteiger partial charge in [-0.1, -0.05) is 12.2 Å². The van der Waals surface area contributed by atoms with Crippen molar-refractivity contribution < 1.29 is 28.6 Å². The maximum Gasteiger partial charge on any atom is 0.234 e. The highest BCUT2D eigenvalue weighted by atomic mass is 16.5. The second-order valence-electron chi connectivity index (χ2n) is 8.61.